The lowest BCUT2D eigenvalue weighted by atomic mass is 10.2. The van der Waals surface area contributed by atoms with Gasteiger partial charge in [0.2, 0.25) is 0 Å². The van der Waals surface area contributed by atoms with Crippen molar-refractivity contribution in [1.82, 2.24) is 9.88 Å². The predicted molar refractivity (Wildman–Crippen MR) is 128 cm³/mol. The molecule has 164 valence electrons. The summed E-state index contributed by atoms with van der Waals surface area (Å²) >= 11 is 1.75. The maximum Gasteiger partial charge on any atom is 0.256 e. The third kappa shape index (κ3) is 5.32. The maximum atomic E-state index is 12.7. The van der Waals surface area contributed by atoms with Crippen molar-refractivity contribution in [3.05, 3.63) is 42.2 Å². The van der Waals surface area contributed by atoms with E-state index >= 15 is 0 Å². The van der Waals surface area contributed by atoms with Crippen LogP contribution in [0.25, 0.3) is 0 Å². The number of anilines is 2. The summed E-state index contributed by atoms with van der Waals surface area (Å²) in [6.07, 6.45) is 4.67. The van der Waals surface area contributed by atoms with Crippen LogP contribution in [0.2, 0.25) is 0 Å². The Bertz CT molecular complexity index is 842. The molecule has 1 saturated heterocycles. The van der Waals surface area contributed by atoms with E-state index in [1.165, 1.54) is 0 Å². The zero-order valence-electron chi connectivity index (χ0n) is 18.1. The Morgan fingerprint density at radius 2 is 1.73 bits per heavy atom. The van der Waals surface area contributed by atoms with Gasteiger partial charge in [0, 0.05) is 51.4 Å². The Balaban J connectivity index is 0.00000320. The van der Waals surface area contributed by atoms with Crippen LogP contribution in [0.5, 0.6) is 5.75 Å². The van der Waals surface area contributed by atoms with E-state index in [9.17, 15) is 4.79 Å². The van der Waals surface area contributed by atoms with Crippen molar-refractivity contribution in [2.24, 2.45) is 0 Å². The Labute approximate surface area is 190 Å². The fraction of sp³-hybridized carbons (Fsp3) is 0.455. The number of carbonyl (C=O) groups excluding carboxylic acids is 1. The van der Waals surface area contributed by atoms with Crippen LogP contribution >= 0.6 is 24.2 Å². The van der Waals surface area contributed by atoms with Gasteiger partial charge in [-0.15, -0.1) is 24.2 Å². The molecule has 0 bridgehead atoms. The zero-order chi connectivity index (χ0) is 20.8. The minimum Gasteiger partial charge on any atom is -0.495 e. The number of nitrogens with zero attached hydrogens (tertiary/aromatic N) is 4. The van der Waals surface area contributed by atoms with Crippen molar-refractivity contribution in [2.45, 2.75) is 18.2 Å². The summed E-state index contributed by atoms with van der Waals surface area (Å²) in [6.45, 7) is 5.69. The Kier molecular flexibility index (Phi) is 9.11. The lowest BCUT2D eigenvalue weighted by Gasteiger charge is -2.38. The average molecular weight is 451 g/mol. The summed E-state index contributed by atoms with van der Waals surface area (Å²) in [7, 11) is 5.29. The number of hydrogen-bond acceptors (Lipinski definition) is 6. The van der Waals surface area contributed by atoms with Gasteiger partial charge in [-0.25, -0.2) is 0 Å². The number of halogens is 1. The minimum atomic E-state index is 0. The number of hydrogen-bond donors (Lipinski definition) is 0. The van der Waals surface area contributed by atoms with Gasteiger partial charge in [0.15, 0.2) is 0 Å². The second-order valence-corrected chi connectivity index (χ2v) is 8.33. The second kappa shape index (κ2) is 11.3. The van der Waals surface area contributed by atoms with Gasteiger partial charge in [-0.1, -0.05) is 19.1 Å². The number of thioether (sulfide) groups is 1. The first-order valence-electron chi connectivity index (χ1n) is 10.0. The molecule has 1 aromatic heterocycles. The number of aromatic nitrogens is 1. The highest BCUT2D eigenvalue weighted by Gasteiger charge is 2.25. The number of methoxy groups -OCH3 is 1. The average Bonchev–Trinajstić information content (AvgIpc) is 2.77. The first-order valence-corrected chi connectivity index (χ1v) is 11.0. The molecule has 0 atom stereocenters. The van der Waals surface area contributed by atoms with Gasteiger partial charge in [0.05, 0.1) is 30.2 Å². The molecule has 0 radical (unpaired) electrons. The SMILES string of the molecule is CCCSc1c(C(=O)N(C)C)cncc1N1CCN(c2ccccc2OC)CC1.Cl. The molecule has 2 heterocycles. The molecule has 0 spiro atoms. The third-order valence-electron chi connectivity index (χ3n) is 5.01. The zero-order valence-corrected chi connectivity index (χ0v) is 19.8. The van der Waals surface area contributed by atoms with Crippen LogP contribution in [0.15, 0.2) is 41.6 Å². The van der Waals surface area contributed by atoms with Crippen molar-refractivity contribution in [3.8, 4) is 5.75 Å². The van der Waals surface area contributed by atoms with Crippen molar-refractivity contribution in [2.75, 3.05) is 62.9 Å². The van der Waals surface area contributed by atoms with Crippen molar-refractivity contribution in [3.63, 3.8) is 0 Å². The topological polar surface area (TPSA) is 48.9 Å². The number of amides is 1. The van der Waals surface area contributed by atoms with Crippen LogP contribution in [0.3, 0.4) is 0 Å². The fourth-order valence-electron chi connectivity index (χ4n) is 3.49. The maximum absolute atomic E-state index is 12.7. The van der Waals surface area contributed by atoms with Crippen molar-refractivity contribution in [1.29, 1.82) is 0 Å². The summed E-state index contributed by atoms with van der Waals surface area (Å²) in [5.74, 6) is 1.89. The lowest BCUT2D eigenvalue weighted by molar-refractivity contribution is 0.0824. The van der Waals surface area contributed by atoms with Gasteiger partial charge in [0.25, 0.3) is 5.91 Å². The third-order valence-corrected chi connectivity index (χ3v) is 6.34. The van der Waals surface area contributed by atoms with Crippen LogP contribution in [0.4, 0.5) is 11.4 Å². The smallest absolute Gasteiger partial charge is 0.256 e. The molecule has 8 heteroatoms. The standard InChI is InChI=1S/C22H30N4O2S.ClH/c1-5-14-29-21-17(22(27)24(2)3)15-23-16-19(21)26-12-10-25(11-13-26)18-8-6-7-9-20(18)28-4;/h6-9,15-16H,5,10-14H2,1-4H3;1H. The van der Waals surface area contributed by atoms with E-state index in [0.717, 1.165) is 60.4 Å². The van der Waals surface area contributed by atoms with Crippen LogP contribution in [-0.2, 0) is 0 Å². The number of pyridine rings is 1. The summed E-state index contributed by atoms with van der Waals surface area (Å²) < 4.78 is 5.53. The van der Waals surface area contributed by atoms with Gasteiger partial charge in [0.1, 0.15) is 5.75 Å². The Morgan fingerprint density at radius 3 is 2.33 bits per heavy atom. The molecule has 2 aromatic rings. The molecule has 0 saturated carbocycles. The quantitative estimate of drug-likeness (QED) is 0.593. The van der Waals surface area contributed by atoms with Gasteiger partial charge >= 0.3 is 0 Å². The lowest BCUT2D eigenvalue weighted by Crippen LogP contribution is -2.47. The largest absolute Gasteiger partial charge is 0.495 e. The van der Waals surface area contributed by atoms with Crippen molar-refractivity contribution < 1.29 is 9.53 Å². The first-order chi connectivity index (χ1) is 14.1. The normalized spacial score (nSPS) is 13.6. The van der Waals surface area contributed by atoms with Gasteiger partial charge in [-0.3, -0.25) is 9.78 Å². The van der Waals surface area contributed by atoms with Crippen LogP contribution in [0, 0.1) is 0 Å². The molecule has 0 unspecified atom stereocenters. The Morgan fingerprint density at radius 1 is 1.10 bits per heavy atom. The summed E-state index contributed by atoms with van der Waals surface area (Å²) in [5, 5.41) is 0. The van der Waals surface area contributed by atoms with Crippen LogP contribution < -0.4 is 14.5 Å². The number of ether oxygens (including phenoxy) is 1. The monoisotopic (exact) mass is 450 g/mol. The Hall–Kier alpha value is -2.12. The fourth-order valence-corrected chi connectivity index (χ4v) is 4.52. The predicted octanol–water partition coefficient (Wildman–Crippen LogP) is 4.04. The minimum absolute atomic E-state index is 0. The molecular formula is C22H31ClN4O2S. The van der Waals surface area contributed by atoms with E-state index in [2.05, 4.69) is 27.8 Å². The van der Waals surface area contributed by atoms with Gasteiger partial charge in [-0.2, -0.15) is 0 Å². The molecule has 1 aliphatic heterocycles. The summed E-state index contributed by atoms with van der Waals surface area (Å²) in [6, 6.07) is 8.15. The molecular weight excluding hydrogens is 420 g/mol. The van der Waals surface area contributed by atoms with Crippen LogP contribution in [-0.4, -0.2) is 68.9 Å². The van der Waals surface area contributed by atoms with E-state index in [1.807, 2.05) is 24.4 Å². The number of carbonyl (C=O) groups is 1. The number of para-hydroxylation sites is 2. The first kappa shape index (κ1) is 24.2. The molecule has 1 aromatic carbocycles. The highest BCUT2D eigenvalue weighted by molar-refractivity contribution is 7.99. The van der Waals surface area contributed by atoms with Gasteiger partial charge in [-0.05, 0) is 24.3 Å². The number of piperazine rings is 1. The van der Waals surface area contributed by atoms with E-state index in [1.54, 1.807) is 44.1 Å². The summed E-state index contributed by atoms with van der Waals surface area (Å²) in [5.41, 5.74) is 2.89. The molecule has 0 N–H and O–H groups in total. The van der Waals surface area contributed by atoms with E-state index in [4.69, 9.17) is 4.74 Å². The van der Waals surface area contributed by atoms with Crippen molar-refractivity contribution >= 4 is 41.5 Å². The van der Waals surface area contributed by atoms with Crippen LogP contribution in [0.1, 0.15) is 23.7 Å². The molecule has 1 amide bonds. The molecule has 1 fully saturated rings. The van der Waals surface area contributed by atoms with Gasteiger partial charge < -0.3 is 19.4 Å². The number of rotatable bonds is 7. The summed E-state index contributed by atoms with van der Waals surface area (Å²) in [4.78, 5) is 24.5. The molecule has 1 aliphatic rings. The number of benzene rings is 1. The second-order valence-electron chi connectivity index (χ2n) is 7.23. The van der Waals surface area contributed by atoms with E-state index in [-0.39, 0.29) is 18.3 Å². The molecule has 3 rings (SSSR count). The van der Waals surface area contributed by atoms with E-state index < -0.39 is 0 Å². The highest BCUT2D eigenvalue weighted by Crippen LogP contribution is 2.35. The highest BCUT2D eigenvalue weighted by atomic mass is 35.5. The van der Waals surface area contributed by atoms with E-state index in [0.29, 0.717) is 5.56 Å². The molecule has 0 aliphatic carbocycles. The molecule has 6 nitrogen and oxygen atoms in total. The molecule has 30 heavy (non-hydrogen) atoms.